The first-order chi connectivity index (χ1) is 15.0. The van der Waals surface area contributed by atoms with E-state index in [1.54, 1.807) is 6.07 Å². The number of amides is 2. The molecule has 3 rings (SSSR count). The lowest BCUT2D eigenvalue weighted by Gasteiger charge is -2.33. The van der Waals surface area contributed by atoms with Gasteiger partial charge in [-0.2, -0.15) is 0 Å². The molecule has 1 aliphatic rings. The third-order valence-corrected chi connectivity index (χ3v) is 5.06. The number of carbonyl (C=O) groups excluding carboxylic acids is 2. The molecule has 2 amide bonds. The molecule has 1 fully saturated rings. The summed E-state index contributed by atoms with van der Waals surface area (Å²) in [6, 6.07) is 15.8. The molecule has 2 aromatic rings. The summed E-state index contributed by atoms with van der Waals surface area (Å²) in [7, 11) is 0. The largest absolute Gasteiger partial charge is 0.371 e. The molecule has 31 heavy (non-hydrogen) atoms. The molecule has 9 nitrogen and oxygen atoms in total. The summed E-state index contributed by atoms with van der Waals surface area (Å²) in [5.41, 5.74) is 0.903. The summed E-state index contributed by atoms with van der Waals surface area (Å²) in [4.78, 5) is 36.7. The molecule has 0 spiro atoms. The molecule has 0 aliphatic carbocycles. The van der Waals surface area contributed by atoms with E-state index in [1.807, 2.05) is 18.2 Å². The van der Waals surface area contributed by atoms with Gasteiger partial charge in [-0.3, -0.25) is 24.6 Å². The molecule has 1 saturated heterocycles. The summed E-state index contributed by atoms with van der Waals surface area (Å²) >= 11 is 0. The van der Waals surface area contributed by atoms with E-state index in [0.717, 1.165) is 32.5 Å². The van der Waals surface area contributed by atoms with Crippen molar-refractivity contribution in [2.24, 2.45) is 0 Å². The molecule has 1 heterocycles. The highest BCUT2D eigenvalue weighted by Gasteiger charge is 2.22. The van der Waals surface area contributed by atoms with Crippen LogP contribution in [0.4, 0.5) is 11.4 Å². The SMILES string of the molecule is O=C(NCCCCN1CCOC(c2ccccc2)C1)C(=O)Nc1ccccc1[N+](=O)[O-]. The van der Waals surface area contributed by atoms with Gasteiger partial charge in [-0.15, -0.1) is 0 Å². The topological polar surface area (TPSA) is 114 Å². The molecule has 0 aromatic heterocycles. The second-order valence-corrected chi connectivity index (χ2v) is 7.26. The van der Waals surface area contributed by atoms with Gasteiger partial charge in [0.05, 0.1) is 17.6 Å². The molecule has 2 N–H and O–H groups in total. The molecule has 164 valence electrons. The number of unbranched alkanes of at least 4 members (excludes halogenated alkanes) is 1. The highest BCUT2D eigenvalue weighted by molar-refractivity contribution is 6.39. The maximum absolute atomic E-state index is 12.0. The summed E-state index contributed by atoms with van der Waals surface area (Å²) in [5.74, 6) is -1.73. The van der Waals surface area contributed by atoms with Crippen LogP contribution in [0, 0.1) is 10.1 Å². The summed E-state index contributed by atoms with van der Waals surface area (Å²) < 4.78 is 5.87. The average Bonchev–Trinajstić information content (AvgIpc) is 2.79. The Balaban J connectivity index is 1.35. The Morgan fingerprint density at radius 2 is 1.81 bits per heavy atom. The number of rotatable bonds is 8. The smallest absolute Gasteiger partial charge is 0.313 e. The molecule has 1 aliphatic heterocycles. The molecule has 0 bridgehead atoms. The van der Waals surface area contributed by atoms with Crippen molar-refractivity contribution >= 4 is 23.2 Å². The van der Waals surface area contributed by atoms with Crippen LogP contribution in [0.25, 0.3) is 0 Å². The van der Waals surface area contributed by atoms with E-state index in [-0.39, 0.29) is 17.5 Å². The Morgan fingerprint density at radius 1 is 1.06 bits per heavy atom. The van der Waals surface area contributed by atoms with Gasteiger partial charge in [0.2, 0.25) is 0 Å². The van der Waals surface area contributed by atoms with Gasteiger partial charge in [-0.1, -0.05) is 42.5 Å². The minimum absolute atomic E-state index is 0.00654. The Labute approximate surface area is 180 Å². The lowest BCUT2D eigenvalue weighted by atomic mass is 10.1. The number of hydrogen-bond donors (Lipinski definition) is 2. The highest BCUT2D eigenvalue weighted by Crippen LogP contribution is 2.23. The summed E-state index contributed by atoms with van der Waals surface area (Å²) in [6.45, 7) is 3.62. The lowest BCUT2D eigenvalue weighted by Crippen LogP contribution is -2.39. The van der Waals surface area contributed by atoms with Crippen LogP contribution in [-0.4, -0.2) is 54.4 Å². The Hall–Kier alpha value is -3.30. The van der Waals surface area contributed by atoms with Crippen molar-refractivity contribution in [2.45, 2.75) is 18.9 Å². The third-order valence-electron chi connectivity index (χ3n) is 5.06. The highest BCUT2D eigenvalue weighted by atomic mass is 16.6. The first kappa shape index (κ1) is 22.4. The number of para-hydroxylation sites is 2. The number of nitrogens with zero attached hydrogens (tertiary/aromatic N) is 2. The van der Waals surface area contributed by atoms with Crippen molar-refractivity contribution in [3.63, 3.8) is 0 Å². The Bertz CT molecular complexity index is 906. The minimum Gasteiger partial charge on any atom is -0.371 e. The first-order valence-corrected chi connectivity index (χ1v) is 10.3. The monoisotopic (exact) mass is 426 g/mol. The predicted molar refractivity (Wildman–Crippen MR) is 116 cm³/mol. The van der Waals surface area contributed by atoms with Crippen LogP contribution in [0.1, 0.15) is 24.5 Å². The van der Waals surface area contributed by atoms with Crippen molar-refractivity contribution < 1.29 is 19.2 Å². The van der Waals surface area contributed by atoms with Gasteiger partial charge < -0.3 is 15.4 Å². The number of ether oxygens (including phenoxy) is 1. The van der Waals surface area contributed by atoms with E-state index in [1.165, 1.54) is 23.8 Å². The van der Waals surface area contributed by atoms with Crippen molar-refractivity contribution in [1.29, 1.82) is 0 Å². The number of anilines is 1. The molecule has 0 saturated carbocycles. The van der Waals surface area contributed by atoms with Gasteiger partial charge in [0.25, 0.3) is 5.69 Å². The van der Waals surface area contributed by atoms with Crippen molar-refractivity contribution in [1.82, 2.24) is 10.2 Å². The average molecular weight is 426 g/mol. The molecule has 1 unspecified atom stereocenters. The fourth-order valence-electron chi connectivity index (χ4n) is 3.44. The second kappa shape index (κ2) is 11.2. The van der Waals surface area contributed by atoms with Crippen LogP contribution in [0.5, 0.6) is 0 Å². The van der Waals surface area contributed by atoms with Gasteiger partial charge in [0.1, 0.15) is 5.69 Å². The van der Waals surface area contributed by atoms with E-state index in [9.17, 15) is 19.7 Å². The normalized spacial score (nSPS) is 16.5. The van der Waals surface area contributed by atoms with Crippen molar-refractivity contribution in [3.8, 4) is 0 Å². The van der Waals surface area contributed by atoms with Gasteiger partial charge in [0.15, 0.2) is 0 Å². The third kappa shape index (κ3) is 6.59. The maximum Gasteiger partial charge on any atom is 0.313 e. The lowest BCUT2D eigenvalue weighted by molar-refractivity contribution is -0.383. The van der Waals surface area contributed by atoms with E-state index in [0.29, 0.717) is 13.2 Å². The van der Waals surface area contributed by atoms with E-state index in [2.05, 4.69) is 27.7 Å². The first-order valence-electron chi connectivity index (χ1n) is 10.3. The Morgan fingerprint density at radius 3 is 2.58 bits per heavy atom. The van der Waals surface area contributed by atoms with Crippen LogP contribution < -0.4 is 10.6 Å². The van der Waals surface area contributed by atoms with Crippen LogP contribution in [0.15, 0.2) is 54.6 Å². The number of carbonyl (C=O) groups is 2. The molecule has 2 aromatic carbocycles. The van der Waals surface area contributed by atoms with E-state index >= 15 is 0 Å². The molecule has 0 radical (unpaired) electrons. The van der Waals surface area contributed by atoms with Crippen molar-refractivity contribution in [3.05, 3.63) is 70.3 Å². The molecular formula is C22H26N4O5. The zero-order chi connectivity index (χ0) is 22.1. The number of morpholine rings is 1. The van der Waals surface area contributed by atoms with Crippen LogP contribution in [-0.2, 0) is 14.3 Å². The molecule has 1 atom stereocenters. The number of benzene rings is 2. The second-order valence-electron chi connectivity index (χ2n) is 7.26. The fourth-order valence-corrected chi connectivity index (χ4v) is 3.44. The number of nitrogens with one attached hydrogen (secondary N) is 2. The quantitative estimate of drug-likeness (QED) is 0.290. The number of hydrogen-bond acceptors (Lipinski definition) is 6. The van der Waals surface area contributed by atoms with E-state index in [4.69, 9.17) is 4.74 Å². The molecule has 9 heteroatoms. The number of nitro groups is 1. The zero-order valence-electron chi connectivity index (χ0n) is 17.2. The zero-order valence-corrected chi connectivity index (χ0v) is 17.2. The Kier molecular flexibility index (Phi) is 8.08. The van der Waals surface area contributed by atoms with E-state index < -0.39 is 16.7 Å². The fraction of sp³-hybridized carbons (Fsp3) is 0.364. The number of nitro benzene ring substituents is 1. The van der Waals surface area contributed by atoms with Gasteiger partial charge in [0, 0.05) is 25.7 Å². The standard InChI is InChI=1S/C22H26N4O5/c27-21(22(28)24-18-10-4-5-11-19(18)26(29)30)23-12-6-7-13-25-14-15-31-20(16-25)17-8-2-1-3-9-17/h1-5,8-11,20H,6-7,12-16H2,(H,23,27)(H,24,28). The van der Waals surface area contributed by atoms with Crippen LogP contribution >= 0.6 is 0 Å². The van der Waals surface area contributed by atoms with Gasteiger partial charge in [-0.25, -0.2) is 0 Å². The van der Waals surface area contributed by atoms with Gasteiger partial charge >= 0.3 is 11.8 Å². The predicted octanol–water partition coefficient (Wildman–Crippen LogP) is 2.50. The van der Waals surface area contributed by atoms with Crippen molar-refractivity contribution in [2.75, 3.05) is 38.1 Å². The van der Waals surface area contributed by atoms with Gasteiger partial charge in [-0.05, 0) is 31.0 Å². The summed E-state index contributed by atoms with van der Waals surface area (Å²) in [6.07, 6.45) is 1.66. The summed E-state index contributed by atoms with van der Waals surface area (Å²) in [5, 5.41) is 15.8. The minimum atomic E-state index is -0.923. The van der Waals surface area contributed by atoms with Crippen LogP contribution in [0.2, 0.25) is 0 Å². The van der Waals surface area contributed by atoms with Crippen LogP contribution in [0.3, 0.4) is 0 Å². The maximum atomic E-state index is 12.0. The molecular weight excluding hydrogens is 400 g/mol.